The summed E-state index contributed by atoms with van der Waals surface area (Å²) in [5.41, 5.74) is 0. The van der Waals surface area contributed by atoms with Gasteiger partial charge in [0.25, 0.3) is 0 Å². The molecule has 0 N–H and O–H groups in total. The molecule has 0 unspecified atom stereocenters. The van der Waals surface area contributed by atoms with E-state index in [-0.39, 0.29) is 0 Å². The molecule has 0 aliphatic heterocycles. The molecule has 0 aliphatic rings. The Labute approximate surface area is 232 Å². The standard InChI is InChI=1S/C26H52S6/c27-19-11-3-1-9-17-25(31-23-15-7-5-13-21-29)26(18-10-2-4-12-20-28)32-24-16-8-6-14-22-30/h27-30H,1-24H2. The zero-order chi connectivity index (χ0) is 23.5. The number of unbranched alkanes of at least 4 members (excludes halogenated alkanes) is 12. The van der Waals surface area contributed by atoms with Crippen molar-refractivity contribution in [1.82, 2.24) is 0 Å². The van der Waals surface area contributed by atoms with Crippen LogP contribution in [-0.2, 0) is 0 Å². The molecule has 0 nitrogen and oxygen atoms in total. The van der Waals surface area contributed by atoms with Gasteiger partial charge in [-0.3, -0.25) is 0 Å². The molecule has 0 aromatic carbocycles. The van der Waals surface area contributed by atoms with E-state index in [1.54, 1.807) is 9.81 Å². The van der Waals surface area contributed by atoms with E-state index in [1.165, 1.54) is 127 Å². The summed E-state index contributed by atoms with van der Waals surface area (Å²) < 4.78 is 0. The van der Waals surface area contributed by atoms with Gasteiger partial charge in [-0.25, -0.2) is 0 Å². The first-order chi connectivity index (χ1) is 15.8. The van der Waals surface area contributed by atoms with Crippen molar-refractivity contribution in [3.05, 3.63) is 9.81 Å². The lowest BCUT2D eigenvalue weighted by Gasteiger charge is -2.16. The maximum Gasteiger partial charge on any atom is -0.00230 e. The van der Waals surface area contributed by atoms with E-state index in [0.29, 0.717) is 0 Å². The second-order valence-electron chi connectivity index (χ2n) is 8.59. The van der Waals surface area contributed by atoms with Crippen LogP contribution in [0.4, 0.5) is 0 Å². The molecule has 0 amide bonds. The Morgan fingerprint density at radius 3 is 0.938 bits per heavy atom. The van der Waals surface area contributed by atoms with Gasteiger partial charge in [0.2, 0.25) is 0 Å². The van der Waals surface area contributed by atoms with Gasteiger partial charge in [-0.1, -0.05) is 51.4 Å². The normalized spacial score (nSPS) is 12.4. The zero-order valence-corrected chi connectivity index (χ0v) is 25.8. The van der Waals surface area contributed by atoms with Crippen LogP contribution < -0.4 is 0 Å². The molecule has 0 aromatic heterocycles. The lowest BCUT2D eigenvalue weighted by atomic mass is 10.1. The number of hydrogen-bond acceptors (Lipinski definition) is 6. The number of allylic oxidation sites excluding steroid dienone is 2. The van der Waals surface area contributed by atoms with Crippen molar-refractivity contribution in [3.8, 4) is 0 Å². The summed E-state index contributed by atoms with van der Waals surface area (Å²) in [4.78, 5) is 3.47. The van der Waals surface area contributed by atoms with E-state index in [4.69, 9.17) is 0 Å². The summed E-state index contributed by atoms with van der Waals surface area (Å²) in [6.07, 6.45) is 23.8. The summed E-state index contributed by atoms with van der Waals surface area (Å²) >= 11 is 21.8. The molecule has 0 fully saturated rings. The van der Waals surface area contributed by atoms with Crippen molar-refractivity contribution >= 4 is 74.0 Å². The maximum absolute atomic E-state index is 4.38. The number of hydrogen-bond donors (Lipinski definition) is 4. The average Bonchev–Trinajstić information content (AvgIpc) is 2.80. The Morgan fingerprint density at radius 1 is 0.344 bits per heavy atom. The van der Waals surface area contributed by atoms with Crippen LogP contribution in [0.1, 0.15) is 116 Å². The van der Waals surface area contributed by atoms with Gasteiger partial charge in [0.15, 0.2) is 0 Å². The predicted octanol–water partition coefficient (Wildman–Crippen LogP) is 10.4. The summed E-state index contributed by atoms with van der Waals surface area (Å²) in [7, 11) is 0. The highest BCUT2D eigenvalue weighted by Crippen LogP contribution is 2.36. The maximum atomic E-state index is 4.38. The first-order valence-corrected chi connectivity index (χ1v) is 17.7. The van der Waals surface area contributed by atoms with E-state index in [9.17, 15) is 0 Å². The van der Waals surface area contributed by atoms with E-state index in [0.717, 1.165) is 23.0 Å². The topological polar surface area (TPSA) is 0 Å². The monoisotopic (exact) mass is 556 g/mol. The highest BCUT2D eigenvalue weighted by atomic mass is 32.2. The third-order valence-corrected chi connectivity index (χ3v) is 9.57. The molecule has 0 heterocycles. The lowest BCUT2D eigenvalue weighted by molar-refractivity contribution is 0.664. The largest absolute Gasteiger partial charge is 0.179 e. The fourth-order valence-electron chi connectivity index (χ4n) is 3.61. The van der Waals surface area contributed by atoms with Crippen molar-refractivity contribution in [2.24, 2.45) is 0 Å². The van der Waals surface area contributed by atoms with Crippen LogP contribution in [0.25, 0.3) is 0 Å². The number of thioether (sulfide) groups is 2. The molecule has 0 spiro atoms. The third-order valence-electron chi connectivity index (χ3n) is 5.59. The van der Waals surface area contributed by atoms with Crippen molar-refractivity contribution in [2.75, 3.05) is 34.5 Å². The highest BCUT2D eigenvalue weighted by Gasteiger charge is 2.10. The summed E-state index contributed by atoms with van der Waals surface area (Å²) in [5.74, 6) is 6.72. The minimum atomic E-state index is 1.03. The fraction of sp³-hybridized carbons (Fsp3) is 0.923. The van der Waals surface area contributed by atoms with Crippen LogP contribution in [0.3, 0.4) is 0 Å². The fourth-order valence-corrected chi connectivity index (χ4v) is 7.15. The van der Waals surface area contributed by atoms with E-state index >= 15 is 0 Å². The first-order valence-electron chi connectivity index (χ1n) is 13.2. The Kier molecular flexibility index (Phi) is 30.7. The summed E-state index contributed by atoms with van der Waals surface area (Å²) in [6, 6.07) is 0. The quantitative estimate of drug-likeness (QED) is 0.0618. The Morgan fingerprint density at radius 2 is 0.625 bits per heavy atom. The lowest BCUT2D eigenvalue weighted by Crippen LogP contribution is -1.94. The molecular weight excluding hydrogens is 505 g/mol. The average molecular weight is 557 g/mol. The van der Waals surface area contributed by atoms with Crippen molar-refractivity contribution in [1.29, 1.82) is 0 Å². The van der Waals surface area contributed by atoms with Crippen molar-refractivity contribution in [3.63, 3.8) is 0 Å². The smallest absolute Gasteiger partial charge is 0.00230 e. The summed E-state index contributed by atoms with van der Waals surface area (Å²) in [6.45, 7) is 0. The van der Waals surface area contributed by atoms with Crippen LogP contribution >= 0.6 is 74.0 Å². The Hall–Kier alpha value is 1.84. The van der Waals surface area contributed by atoms with Crippen molar-refractivity contribution < 1.29 is 0 Å². The van der Waals surface area contributed by atoms with Crippen LogP contribution in [0, 0.1) is 0 Å². The molecular formula is C26H52S6. The van der Waals surface area contributed by atoms with E-state index in [1.807, 2.05) is 0 Å². The third kappa shape index (κ3) is 23.6. The molecule has 0 rings (SSSR count). The van der Waals surface area contributed by atoms with Crippen LogP contribution in [0.2, 0.25) is 0 Å². The summed E-state index contributed by atoms with van der Waals surface area (Å²) in [5, 5.41) is 0. The second kappa shape index (κ2) is 29.1. The van der Waals surface area contributed by atoms with Crippen LogP contribution in [0.5, 0.6) is 0 Å². The molecule has 0 atom stereocenters. The van der Waals surface area contributed by atoms with Gasteiger partial charge < -0.3 is 0 Å². The minimum Gasteiger partial charge on any atom is -0.179 e. The number of thiol groups is 4. The molecule has 6 heteroatoms. The molecule has 0 bridgehead atoms. The zero-order valence-electron chi connectivity index (χ0n) is 20.6. The molecule has 0 saturated carbocycles. The highest BCUT2D eigenvalue weighted by molar-refractivity contribution is 8.06. The minimum absolute atomic E-state index is 1.03. The van der Waals surface area contributed by atoms with Gasteiger partial charge in [0.1, 0.15) is 0 Å². The number of rotatable bonds is 26. The van der Waals surface area contributed by atoms with Crippen LogP contribution in [0.15, 0.2) is 9.81 Å². The predicted molar refractivity (Wildman–Crippen MR) is 170 cm³/mol. The van der Waals surface area contributed by atoms with Gasteiger partial charge in [-0.2, -0.15) is 50.5 Å². The molecule has 0 saturated heterocycles. The molecule has 0 aromatic rings. The van der Waals surface area contributed by atoms with Gasteiger partial charge in [-0.15, -0.1) is 23.5 Å². The Balaban J connectivity index is 4.82. The Bertz CT molecular complexity index is 364. The van der Waals surface area contributed by atoms with Gasteiger partial charge in [-0.05, 0) is 109 Å². The first kappa shape index (κ1) is 33.8. The van der Waals surface area contributed by atoms with Gasteiger partial charge in [0, 0.05) is 0 Å². The SMILES string of the molecule is SCCCCCCSC(CCCCCCS)=C(CCCCCCS)SCCCCCCS. The second-order valence-corrected chi connectivity index (χ2v) is 12.8. The van der Waals surface area contributed by atoms with Crippen molar-refractivity contribution in [2.45, 2.75) is 116 Å². The molecule has 0 aliphatic carbocycles. The molecule has 192 valence electrons. The molecule has 32 heavy (non-hydrogen) atoms. The van der Waals surface area contributed by atoms with Gasteiger partial charge >= 0.3 is 0 Å². The van der Waals surface area contributed by atoms with E-state index < -0.39 is 0 Å². The van der Waals surface area contributed by atoms with Gasteiger partial charge in [0.05, 0.1) is 0 Å². The van der Waals surface area contributed by atoms with E-state index in [2.05, 4.69) is 74.0 Å². The molecule has 0 radical (unpaired) electrons. The van der Waals surface area contributed by atoms with Crippen LogP contribution in [-0.4, -0.2) is 34.5 Å².